The van der Waals surface area contributed by atoms with E-state index in [4.69, 9.17) is 0 Å². The summed E-state index contributed by atoms with van der Waals surface area (Å²) in [6.07, 6.45) is 1.62. The van der Waals surface area contributed by atoms with Crippen molar-refractivity contribution in [1.29, 1.82) is 0 Å². The van der Waals surface area contributed by atoms with Gasteiger partial charge in [-0.3, -0.25) is 24.6 Å². The highest BCUT2D eigenvalue weighted by Crippen LogP contribution is 2.43. The van der Waals surface area contributed by atoms with Crippen LogP contribution < -0.4 is 4.90 Å². The second-order valence-electron chi connectivity index (χ2n) is 6.95. The van der Waals surface area contributed by atoms with Crippen molar-refractivity contribution < 1.29 is 18.9 Å². The summed E-state index contributed by atoms with van der Waals surface area (Å²) in [5.74, 6) is -1.13. The molecular formula is C21H17FN2O4. The molecule has 28 heavy (non-hydrogen) atoms. The van der Waals surface area contributed by atoms with Crippen molar-refractivity contribution in [3.63, 3.8) is 0 Å². The SMILES string of the molecule is O=C1CCCC2=C1C(c1cccc(F)c1)CC(=O)N2c1ccc([N+](=O)[O-])cc1. The largest absolute Gasteiger partial charge is 0.294 e. The third kappa shape index (κ3) is 3.09. The molecule has 6 nitrogen and oxygen atoms in total. The van der Waals surface area contributed by atoms with Crippen LogP contribution in [0.5, 0.6) is 0 Å². The van der Waals surface area contributed by atoms with Crippen LogP contribution in [0.3, 0.4) is 0 Å². The Bertz CT molecular complexity index is 1010. The number of anilines is 1. The van der Waals surface area contributed by atoms with Gasteiger partial charge in [-0.05, 0) is 42.7 Å². The highest BCUT2D eigenvalue weighted by molar-refractivity contribution is 6.07. The monoisotopic (exact) mass is 380 g/mol. The van der Waals surface area contributed by atoms with Crippen LogP contribution in [-0.4, -0.2) is 16.6 Å². The molecule has 142 valence electrons. The molecule has 1 unspecified atom stereocenters. The number of non-ortho nitro benzene ring substituents is 1. The molecule has 1 aliphatic carbocycles. The maximum Gasteiger partial charge on any atom is 0.269 e. The van der Waals surface area contributed by atoms with Crippen molar-refractivity contribution in [2.75, 3.05) is 4.90 Å². The molecule has 0 aromatic heterocycles. The smallest absolute Gasteiger partial charge is 0.269 e. The zero-order valence-corrected chi connectivity index (χ0v) is 14.9. The van der Waals surface area contributed by atoms with Gasteiger partial charge in [0, 0.05) is 47.8 Å². The van der Waals surface area contributed by atoms with Crippen LogP contribution >= 0.6 is 0 Å². The maximum absolute atomic E-state index is 13.7. The first kappa shape index (κ1) is 18.0. The average molecular weight is 380 g/mol. The van der Waals surface area contributed by atoms with E-state index in [-0.39, 0.29) is 23.8 Å². The van der Waals surface area contributed by atoms with Gasteiger partial charge in [0.05, 0.1) is 4.92 Å². The fourth-order valence-corrected chi connectivity index (χ4v) is 4.02. The van der Waals surface area contributed by atoms with Gasteiger partial charge in [-0.15, -0.1) is 0 Å². The van der Waals surface area contributed by atoms with Gasteiger partial charge in [0.2, 0.25) is 5.91 Å². The van der Waals surface area contributed by atoms with Crippen molar-refractivity contribution in [3.05, 3.63) is 81.3 Å². The molecule has 0 bridgehead atoms. The number of ketones is 1. The predicted octanol–water partition coefficient (Wildman–Crippen LogP) is 4.26. The molecule has 1 amide bonds. The number of hydrogen-bond donors (Lipinski definition) is 0. The third-order valence-corrected chi connectivity index (χ3v) is 5.25. The molecule has 1 aliphatic heterocycles. The Hall–Kier alpha value is -3.35. The van der Waals surface area contributed by atoms with Crippen LogP contribution in [0.2, 0.25) is 0 Å². The minimum atomic E-state index is -0.503. The number of amides is 1. The van der Waals surface area contributed by atoms with Crippen molar-refractivity contribution >= 4 is 23.1 Å². The Balaban J connectivity index is 1.82. The van der Waals surface area contributed by atoms with E-state index in [1.165, 1.54) is 41.3 Å². The number of hydrogen-bond acceptors (Lipinski definition) is 4. The minimum absolute atomic E-state index is 0.0325. The number of halogens is 1. The van der Waals surface area contributed by atoms with E-state index in [9.17, 15) is 24.1 Å². The van der Waals surface area contributed by atoms with E-state index >= 15 is 0 Å². The lowest BCUT2D eigenvalue weighted by molar-refractivity contribution is -0.384. The van der Waals surface area contributed by atoms with Crippen molar-refractivity contribution in [2.24, 2.45) is 0 Å². The molecule has 0 saturated carbocycles. The maximum atomic E-state index is 13.7. The van der Waals surface area contributed by atoms with Gasteiger partial charge in [0.1, 0.15) is 5.82 Å². The van der Waals surface area contributed by atoms with E-state index < -0.39 is 16.7 Å². The molecule has 1 atom stereocenters. The van der Waals surface area contributed by atoms with Crippen LogP contribution in [0, 0.1) is 15.9 Å². The highest BCUT2D eigenvalue weighted by atomic mass is 19.1. The van der Waals surface area contributed by atoms with Gasteiger partial charge in [-0.25, -0.2) is 4.39 Å². The summed E-state index contributed by atoms with van der Waals surface area (Å²) in [5, 5.41) is 10.9. The first-order valence-corrected chi connectivity index (χ1v) is 9.05. The highest BCUT2D eigenvalue weighted by Gasteiger charge is 2.39. The summed E-state index contributed by atoms with van der Waals surface area (Å²) in [5.41, 5.74) is 2.21. The van der Waals surface area contributed by atoms with Gasteiger partial charge in [0.15, 0.2) is 5.78 Å². The molecule has 4 rings (SSSR count). The molecule has 0 fully saturated rings. The Morgan fingerprint density at radius 1 is 1.07 bits per heavy atom. The topological polar surface area (TPSA) is 80.5 Å². The first-order valence-electron chi connectivity index (χ1n) is 9.05. The summed E-state index contributed by atoms with van der Waals surface area (Å²) in [4.78, 5) is 37.6. The second-order valence-corrected chi connectivity index (χ2v) is 6.95. The number of nitro groups is 1. The van der Waals surface area contributed by atoms with Crippen molar-refractivity contribution in [1.82, 2.24) is 0 Å². The number of nitrogens with zero attached hydrogens (tertiary/aromatic N) is 2. The number of allylic oxidation sites excluding steroid dienone is 2. The summed E-state index contributed by atoms with van der Waals surface area (Å²) in [7, 11) is 0. The van der Waals surface area contributed by atoms with Gasteiger partial charge in [-0.2, -0.15) is 0 Å². The molecular weight excluding hydrogens is 363 g/mol. The average Bonchev–Trinajstić information content (AvgIpc) is 2.67. The van der Waals surface area contributed by atoms with Crippen LogP contribution in [-0.2, 0) is 9.59 Å². The second kappa shape index (κ2) is 6.99. The van der Waals surface area contributed by atoms with Crippen LogP contribution in [0.4, 0.5) is 15.8 Å². The molecule has 7 heteroatoms. The number of rotatable bonds is 3. The van der Waals surface area contributed by atoms with Crippen LogP contribution in [0.1, 0.15) is 37.2 Å². The Morgan fingerprint density at radius 2 is 1.82 bits per heavy atom. The summed E-state index contributed by atoms with van der Waals surface area (Å²) < 4.78 is 13.7. The standard InChI is InChI=1S/C21H17FN2O4/c22-14-4-1-3-13(11-14)17-12-20(26)23(18-5-2-6-19(25)21(17)18)15-7-9-16(10-8-15)24(27)28/h1,3-4,7-11,17H,2,5-6,12H2. The van der Waals surface area contributed by atoms with E-state index in [1.54, 1.807) is 12.1 Å². The van der Waals surface area contributed by atoms with Gasteiger partial charge in [-0.1, -0.05) is 12.1 Å². The number of nitro benzene ring substituents is 1. The normalized spacial score (nSPS) is 19.6. The summed E-state index contributed by atoms with van der Waals surface area (Å²) in [6.45, 7) is 0. The lowest BCUT2D eigenvalue weighted by atomic mass is 9.77. The van der Waals surface area contributed by atoms with Crippen molar-refractivity contribution in [2.45, 2.75) is 31.6 Å². The van der Waals surface area contributed by atoms with Crippen LogP contribution in [0.15, 0.2) is 59.8 Å². The predicted molar refractivity (Wildman–Crippen MR) is 100 cm³/mol. The summed E-state index contributed by atoms with van der Waals surface area (Å²) >= 11 is 0. The van der Waals surface area contributed by atoms with E-state index in [1.807, 2.05) is 0 Å². The molecule has 0 radical (unpaired) electrons. The van der Waals surface area contributed by atoms with Crippen molar-refractivity contribution in [3.8, 4) is 0 Å². The van der Waals surface area contributed by atoms with Gasteiger partial charge >= 0.3 is 0 Å². The summed E-state index contributed by atoms with van der Waals surface area (Å²) in [6, 6.07) is 11.7. The van der Waals surface area contributed by atoms with E-state index in [0.717, 1.165) is 0 Å². The van der Waals surface area contributed by atoms with Crippen LogP contribution in [0.25, 0.3) is 0 Å². The number of carbonyl (C=O) groups is 2. The zero-order valence-electron chi connectivity index (χ0n) is 14.9. The molecule has 2 aromatic rings. The van der Waals surface area contributed by atoms with Gasteiger partial charge < -0.3 is 0 Å². The Kier molecular flexibility index (Phi) is 4.50. The molecule has 2 aliphatic rings. The fourth-order valence-electron chi connectivity index (χ4n) is 4.02. The lowest BCUT2D eigenvalue weighted by Crippen LogP contribution is -2.40. The fraction of sp³-hybridized carbons (Fsp3) is 0.238. The van der Waals surface area contributed by atoms with Gasteiger partial charge in [0.25, 0.3) is 5.69 Å². The quantitative estimate of drug-likeness (QED) is 0.589. The van der Waals surface area contributed by atoms with E-state index in [2.05, 4.69) is 0 Å². The lowest BCUT2D eigenvalue weighted by Gasteiger charge is -2.38. The zero-order chi connectivity index (χ0) is 19.8. The minimum Gasteiger partial charge on any atom is -0.294 e. The Labute approximate surface area is 160 Å². The Morgan fingerprint density at radius 3 is 2.50 bits per heavy atom. The molecule has 2 aromatic carbocycles. The molecule has 0 spiro atoms. The molecule has 1 heterocycles. The third-order valence-electron chi connectivity index (χ3n) is 5.25. The first-order chi connectivity index (χ1) is 13.5. The number of Topliss-reactive ketones (excluding diaryl/α,β-unsaturated/α-hetero) is 1. The van der Waals surface area contributed by atoms with E-state index in [0.29, 0.717) is 41.8 Å². The molecule has 0 saturated heterocycles. The molecule has 0 N–H and O–H groups in total. The number of carbonyl (C=O) groups excluding carboxylic acids is 2. The number of benzene rings is 2.